The SMILES string of the molecule is Cc1c(CNC(=O)C(N)c2ccccc2)cnn1C.Cl. The van der Waals surface area contributed by atoms with E-state index >= 15 is 0 Å². The van der Waals surface area contributed by atoms with Crippen LogP contribution < -0.4 is 11.1 Å². The Bertz CT molecular complexity index is 568. The van der Waals surface area contributed by atoms with Crippen LogP contribution in [0.5, 0.6) is 0 Å². The van der Waals surface area contributed by atoms with Crippen molar-refractivity contribution in [3.63, 3.8) is 0 Å². The number of carbonyl (C=O) groups excluding carboxylic acids is 1. The van der Waals surface area contributed by atoms with Crippen molar-refractivity contribution in [2.75, 3.05) is 0 Å². The topological polar surface area (TPSA) is 72.9 Å². The molecular formula is C14H19ClN4O. The first-order valence-corrected chi connectivity index (χ1v) is 6.15. The second kappa shape index (κ2) is 7.07. The second-order valence-corrected chi connectivity index (χ2v) is 4.48. The third-order valence-electron chi connectivity index (χ3n) is 3.23. The molecule has 1 heterocycles. The molecule has 1 aromatic heterocycles. The molecule has 1 unspecified atom stereocenters. The molecule has 2 aromatic rings. The summed E-state index contributed by atoms with van der Waals surface area (Å²) < 4.78 is 1.78. The highest BCUT2D eigenvalue weighted by Gasteiger charge is 2.15. The van der Waals surface area contributed by atoms with E-state index in [4.69, 9.17) is 5.73 Å². The molecule has 0 bridgehead atoms. The van der Waals surface area contributed by atoms with Gasteiger partial charge in [-0.3, -0.25) is 9.48 Å². The number of nitrogens with two attached hydrogens (primary N) is 1. The number of carbonyl (C=O) groups is 1. The summed E-state index contributed by atoms with van der Waals surface area (Å²) in [4.78, 5) is 12.0. The molecule has 0 aliphatic rings. The van der Waals surface area contributed by atoms with E-state index in [-0.39, 0.29) is 18.3 Å². The normalized spacial score (nSPS) is 11.6. The average Bonchev–Trinajstić information content (AvgIpc) is 2.76. The van der Waals surface area contributed by atoms with E-state index in [0.29, 0.717) is 6.54 Å². The van der Waals surface area contributed by atoms with E-state index in [1.807, 2.05) is 44.3 Å². The second-order valence-electron chi connectivity index (χ2n) is 4.48. The van der Waals surface area contributed by atoms with Gasteiger partial charge in [0.15, 0.2) is 0 Å². The highest BCUT2D eigenvalue weighted by molar-refractivity contribution is 5.85. The monoisotopic (exact) mass is 294 g/mol. The molecule has 6 heteroatoms. The molecular weight excluding hydrogens is 276 g/mol. The minimum Gasteiger partial charge on any atom is -0.350 e. The quantitative estimate of drug-likeness (QED) is 0.897. The summed E-state index contributed by atoms with van der Waals surface area (Å²) in [5, 5.41) is 6.97. The number of aryl methyl sites for hydroxylation is 1. The van der Waals surface area contributed by atoms with Crippen LogP contribution in [-0.4, -0.2) is 15.7 Å². The zero-order valence-electron chi connectivity index (χ0n) is 11.5. The number of hydrogen-bond donors (Lipinski definition) is 2. The van der Waals surface area contributed by atoms with Crippen LogP contribution in [0, 0.1) is 6.92 Å². The minimum atomic E-state index is -0.641. The number of hydrogen-bond acceptors (Lipinski definition) is 3. The first kappa shape index (κ1) is 16.2. The predicted molar refractivity (Wildman–Crippen MR) is 80.4 cm³/mol. The Labute approximate surface area is 124 Å². The van der Waals surface area contributed by atoms with Crippen LogP contribution >= 0.6 is 12.4 Å². The van der Waals surface area contributed by atoms with E-state index in [9.17, 15) is 4.79 Å². The molecule has 0 radical (unpaired) electrons. The van der Waals surface area contributed by atoms with Gasteiger partial charge >= 0.3 is 0 Å². The van der Waals surface area contributed by atoms with Crippen molar-refractivity contribution in [2.45, 2.75) is 19.5 Å². The van der Waals surface area contributed by atoms with E-state index in [2.05, 4.69) is 10.4 Å². The largest absolute Gasteiger partial charge is 0.350 e. The van der Waals surface area contributed by atoms with Gasteiger partial charge in [0.1, 0.15) is 6.04 Å². The lowest BCUT2D eigenvalue weighted by molar-refractivity contribution is -0.122. The van der Waals surface area contributed by atoms with Crippen LogP contribution in [-0.2, 0) is 18.4 Å². The summed E-state index contributed by atoms with van der Waals surface area (Å²) in [6, 6.07) is 8.69. The molecule has 1 amide bonds. The molecule has 2 rings (SSSR count). The van der Waals surface area contributed by atoms with Gasteiger partial charge in [-0.15, -0.1) is 12.4 Å². The molecule has 0 spiro atoms. The van der Waals surface area contributed by atoms with Gasteiger partial charge in [0.25, 0.3) is 0 Å². The number of amides is 1. The summed E-state index contributed by atoms with van der Waals surface area (Å²) in [6.07, 6.45) is 1.75. The van der Waals surface area contributed by atoms with Crippen LogP contribution in [0.3, 0.4) is 0 Å². The van der Waals surface area contributed by atoms with Crippen LogP contribution in [0.1, 0.15) is 22.9 Å². The van der Waals surface area contributed by atoms with Gasteiger partial charge in [0.2, 0.25) is 5.91 Å². The maximum absolute atomic E-state index is 12.0. The Kier molecular flexibility index (Phi) is 5.73. The number of halogens is 1. The Morgan fingerprint density at radius 3 is 2.60 bits per heavy atom. The first-order valence-electron chi connectivity index (χ1n) is 6.15. The Balaban J connectivity index is 0.00000200. The fourth-order valence-corrected chi connectivity index (χ4v) is 1.82. The van der Waals surface area contributed by atoms with Crippen LogP contribution in [0.15, 0.2) is 36.5 Å². The molecule has 0 fully saturated rings. The van der Waals surface area contributed by atoms with Gasteiger partial charge in [0.05, 0.1) is 6.20 Å². The molecule has 108 valence electrons. The maximum atomic E-state index is 12.0. The van der Waals surface area contributed by atoms with Crippen molar-refractivity contribution >= 4 is 18.3 Å². The molecule has 0 saturated heterocycles. The van der Waals surface area contributed by atoms with Crippen LogP contribution in [0.2, 0.25) is 0 Å². The number of benzene rings is 1. The molecule has 3 N–H and O–H groups in total. The number of nitrogens with one attached hydrogen (secondary N) is 1. The lowest BCUT2D eigenvalue weighted by atomic mass is 10.1. The van der Waals surface area contributed by atoms with Gasteiger partial charge < -0.3 is 11.1 Å². The third-order valence-corrected chi connectivity index (χ3v) is 3.23. The predicted octanol–water partition coefficient (Wildman–Crippen LogP) is 1.47. The van der Waals surface area contributed by atoms with Crippen molar-refractivity contribution in [1.82, 2.24) is 15.1 Å². The first-order chi connectivity index (χ1) is 9.09. The summed E-state index contributed by atoms with van der Waals surface area (Å²) in [7, 11) is 1.87. The lowest BCUT2D eigenvalue weighted by Gasteiger charge is -2.12. The average molecular weight is 295 g/mol. The van der Waals surface area contributed by atoms with E-state index in [1.54, 1.807) is 10.9 Å². The molecule has 1 atom stereocenters. The number of nitrogens with zero attached hydrogens (tertiary/aromatic N) is 2. The Hall–Kier alpha value is -1.85. The Morgan fingerprint density at radius 2 is 2.05 bits per heavy atom. The summed E-state index contributed by atoms with van der Waals surface area (Å²) >= 11 is 0. The molecule has 0 saturated carbocycles. The molecule has 20 heavy (non-hydrogen) atoms. The van der Waals surface area contributed by atoms with Crippen molar-refractivity contribution < 1.29 is 4.79 Å². The van der Waals surface area contributed by atoms with Gasteiger partial charge in [-0.1, -0.05) is 30.3 Å². The highest BCUT2D eigenvalue weighted by atomic mass is 35.5. The van der Waals surface area contributed by atoms with Crippen molar-refractivity contribution in [3.05, 3.63) is 53.3 Å². The fraction of sp³-hybridized carbons (Fsp3) is 0.286. The van der Waals surface area contributed by atoms with Gasteiger partial charge in [-0.25, -0.2) is 0 Å². The summed E-state index contributed by atoms with van der Waals surface area (Å²) in [5.74, 6) is -0.186. The number of aromatic nitrogens is 2. The van der Waals surface area contributed by atoms with Gasteiger partial charge in [0, 0.05) is 24.8 Å². The summed E-state index contributed by atoms with van der Waals surface area (Å²) in [5.41, 5.74) is 8.75. The number of rotatable bonds is 4. The zero-order valence-corrected chi connectivity index (χ0v) is 12.4. The van der Waals surface area contributed by atoms with Crippen LogP contribution in [0.25, 0.3) is 0 Å². The molecule has 1 aromatic carbocycles. The van der Waals surface area contributed by atoms with Gasteiger partial charge in [-0.05, 0) is 12.5 Å². The minimum absolute atomic E-state index is 0. The van der Waals surface area contributed by atoms with Crippen molar-refractivity contribution in [2.24, 2.45) is 12.8 Å². The van der Waals surface area contributed by atoms with Crippen molar-refractivity contribution in [3.8, 4) is 0 Å². The van der Waals surface area contributed by atoms with E-state index < -0.39 is 6.04 Å². The highest BCUT2D eigenvalue weighted by Crippen LogP contribution is 2.10. The third kappa shape index (κ3) is 3.59. The molecule has 0 aliphatic heterocycles. The Morgan fingerprint density at radius 1 is 1.40 bits per heavy atom. The van der Waals surface area contributed by atoms with Crippen molar-refractivity contribution in [1.29, 1.82) is 0 Å². The zero-order chi connectivity index (χ0) is 13.8. The fourth-order valence-electron chi connectivity index (χ4n) is 1.82. The lowest BCUT2D eigenvalue weighted by Crippen LogP contribution is -2.33. The smallest absolute Gasteiger partial charge is 0.241 e. The van der Waals surface area contributed by atoms with E-state index in [0.717, 1.165) is 16.8 Å². The van der Waals surface area contributed by atoms with E-state index in [1.165, 1.54) is 0 Å². The van der Waals surface area contributed by atoms with Crippen LogP contribution in [0.4, 0.5) is 0 Å². The summed E-state index contributed by atoms with van der Waals surface area (Å²) in [6.45, 7) is 2.41. The maximum Gasteiger partial charge on any atom is 0.241 e. The molecule has 0 aliphatic carbocycles. The van der Waals surface area contributed by atoms with Gasteiger partial charge in [-0.2, -0.15) is 5.10 Å². The standard InChI is InChI=1S/C14H18N4O.ClH/c1-10-12(9-17-18(10)2)8-16-14(19)13(15)11-6-4-3-5-7-11;/h3-7,9,13H,8,15H2,1-2H3,(H,16,19);1H. The molecule has 5 nitrogen and oxygen atoms in total.